The number of piperazine rings is 1. The number of carbonyl (C=O) groups is 1. The van der Waals surface area contributed by atoms with Crippen molar-refractivity contribution in [2.75, 3.05) is 31.1 Å². The third-order valence-corrected chi connectivity index (χ3v) is 4.35. The van der Waals surface area contributed by atoms with Crippen molar-refractivity contribution in [3.8, 4) is 0 Å². The Morgan fingerprint density at radius 2 is 1.88 bits per heavy atom. The van der Waals surface area contributed by atoms with E-state index in [4.69, 9.17) is 0 Å². The molecule has 1 saturated heterocycles. The van der Waals surface area contributed by atoms with Crippen LogP contribution in [0.15, 0.2) is 30.5 Å². The number of rotatable bonds is 2. The zero-order valence-corrected chi connectivity index (χ0v) is 14.3. The molecular formula is C17H19N7O. The van der Waals surface area contributed by atoms with Crippen molar-refractivity contribution in [2.24, 2.45) is 0 Å². The second-order valence-corrected chi connectivity index (χ2v) is 6.15. The van der Waals surface area contributed by atoms with Gasteiger partial charge in [-0.15, -0.1) is 5.10 Å². The SMILES string of the molecule is Cc1cc(C)n2nc(C(=O)N3CCN(c4ccccn4)CC3)nc2n1. The lowest BCUT2D eigenvalue weighted by Gasteiger charge is -2.34. The monoisotopic (exact) mass is 337 g/mol. The van der Waals surface area contributed by atoms with Crippen LogP contribution in [0.25, 0.3) is 5.78 Å². The molecule has 0 unspecified atom stereocenters. The highest BCUT2D eigenvalue weighted by atomic mass is 16.2. The molecule has 3 aromatic heterocycles. The summed E-state index contributed by atoms with van der Waals surface area (Å²) in [4.78, 5) is 29.7. The van der Waals surface area contributed by atoms with E-state index in [1.807, 2.05) is 38.1 Å². The Bertz CT molecular complexity index is 913. The van der Waals surface area contributed by atoms with E-state index >= 15 is 0 Å². The molecular weight excluding hydrogens is 318 g/mol. The number of fused-ring (bicyclic) bond motifs is 1. The fourth-order valence-corrected chi connectivity index (χ4v) is 3.08. The van der Waals surface area contributed by atoms with Crippen molar-refractivity contribution in [1.29, 1.82) is 0 Å². The van der Waals surface area contributed by atoms with Crippen LogP contribution in [0, 0.1) is 13.8 Å². The summed E-state index contributed by atoms with van der Waals surface area (Å²) in [5, 5.41) is 4.33. The summed E-state index contributed by atoms with van der Waals surface area (Å²) >= 11 is 0. The van der Waals surface area contributed by atoms with E-state index in [1.165, 1.54) is 0 Å². The van der Waals surface area contributed by atoms with Gasteiger partial charge in [-0.05, 0) is 32.0 Å². The number of aromatic nitrogens is 5. The lowest BCUT2D eigenvalue weighted by molar-refractivity contribution is 0.0734. The number of hydrogen-bond donors (Lipinski definition) is 0. The molecule has 1 aliphatic heterocycles. The second kappa shape index (κ2) is 6.12. The number of amides is 1. The van der Waals surface area contributed by atoms with E-state index in [2.05, 4.69) is 25.0 Å². The van der Waals surface area contributed by atoms with E-state index in [9.17, 15) is 4.79 Å². The Hall–Kier alpha value is -3.03. The number of anilines is 1. The van der Waals surface area contributed by atoms with E-state index in [0.29, 0.717) is 18.9 Å². The fourth-order valence-electron chi connectivity index (χ4n) is 3.08. The molecule has 0 bridgehead atoms. The van der Waals surface area contributed by atoms with Gasteiger partial charge < -0.3 is 9.80 Å². The van der Waals surface area contributed by atoms with Crippen LogP contribution < -0.4 is 4.90 Å². The predicted octanol–water partition coefficient (Wildman–Crippen LogP) is 1.10. The minimum absolute atomic E-state index is 0.150. The van der Waals surface area contributed by atoms with Gasteiger partial charge in [0.2, 0.25) is 5.82 Å². The molecule has 0 spiro atoms. The molecule has 4 rings (SSSR count). The highest BCUT2D eigenvalue weighted by molar-refractivity contribution is 5.91. The van der Waals surface area contributed by atoms with Crippen LogP contribution in [0.3, 0.4) is 0 Å². The topological polar surface area (TPSA) is 79.5 Å². The normalized spacial score (nSPS) is 15.0. The van der Waals surface area contributed by atoms with Gasteiger partial charge in [-0.1, -0.05) is 6.07 Å². The number of pyridine rings is 1. The van der Waals surface area contributed by atoms with Crippen LogP contribution in [0.2, 0.25) is 0 Å². The summed E-state index contributed by atoms with van der Waals surface area (Å²) < 4.78 is 1.62. The van der Waals surface area contributed by atoms with Crippen LogP contribution in [-0.4, -0.2) is 61.6 Å². The summed E-state index contributed by atoms with van der Waals surface area (Å²) in [5.74, 6) is 1.46. The second-order valence-electron chi connectivity index (χ2n) is 6.15. The summed E-state index contributed by atoms with van der Waals surface area (Å²) in [6, 6.07) is 7.77. The molecule has 1 amide bonds. The minimum Gasteiger partial charge on any atom is -0.353 e. The molecule has 0 N–H and O–H groups in total. The van der Waals surface area contributed by atoms with Crippen molar-refractivity contribution in [1.82, 2.24) is 29.5 Å². The minimum atomic E-state index is -0.150. The molecule has 8 heteroatoms. The number of nitrogens with zero attached hydrogens (tertiary/aromatic N) is 7. The van der Waals surface area contributed by atoms with Gasteiger partial charge in [-0.2, -0.15) is 4.98 Å². The Balaban J connectivity index is 1.50. The lowest BCUT2D eigenvalue weighted by Crippen LogP contribution is -2.49. The van der Waals surface area contributed by atoms with Crippen molar-refractivity contribution in [3.63, 3.8) is 0 Å². The van der Waals surface area contributed by atoms with Crippen LogP contribution in [0.4, 0.5) is 5.82 Å². The van der Waals surface area contributed by atoms with Gasteiger partial charge >= 0.3 is 0 Å². The average Bonchev–Trinajstić information content (AvgIpc) is 3.06. The molecule has 0 saturated carbocycles. The first kappa shape index (κ1) is 15.5. The summed E-state index contributed by atoms with van der Waals surface area (Å²) in [5.41, 5.74) is 1.77. The zero-order valence-electron chi connectivity index (χ0n) is 14.3. The third kappa shape index (κ3) is 2.90. The van der Waals surface area contributed by atoms with E-state index in [0.717, 1.165) is 30.3 Å². The largest absolute Gasteiger partial charge is 0.353 e. The highest BCUT2D eigenvalue weighted by Gasteiger charge is 2.26. The Morgan fingerprint density at radius 3 is 2.60 bits per heavy atom. The van der Waals surface area contributed by atoms with Gasteiger partial charge in [-0.25, -0.2) is 14.5 Å². The molecule has 8 nitrogen and oxygen atoms in total. The molecule has 0 aliphatic carbocycles. The van der Waals surface area contributed by atoms with Gasteiger partial charge in [0.1, 0.15) is 5.82 Å². The average molecular weight is 337 g/mol. The van der Waals surface area contributed by atoms with Gasteiger partial charge in [0, 0.05) is 43.8 Å². The molecule has 0 aromatic carbocycles. The smallest absolute Gasteiger partial charge is 0.293 e. The maximum atomic E-state index is 12.7. The first-order chi connectivity index (χ1) is 12.1. The third-order valence-electron chi connectivity index (χ3n) is 4.35. The first-order valence-corrected chi connectivity index (χ1v) is 8.28. The number of carbonyl (C=O) groups excluding carboxylic acids is 1. The number of hydrogen-bond acceptors (Lipinski definition) is 6. The summed E-state index contributed by atoms with van der Waals surface area (Å²) in [7, 11) is 0. The highest BCUT2D eigenvalue weighted by Crippen LogP contribution is 2.14. The standard InChI is InChI=1S/C17H19N7O/c1-12-11-13(2)24-17(19-12)20-15(21-24)16(25)23-9-7-22(8-10-23)14-5-3-4-6-18-14/h3-6,11H,7-10H2,1-2H3. The van der Waals surface area contributed by atoms with Crippen molar-refractivity contribution in [3.05, 3.63) is 47.7 Å². The maximum Gasteiger partial charge on any atom is 0.293 e. The molecule has 0 atom stereocenters. The van der Waals surface area contributed by atoms with E-state index in [1.54, 1.807) is 15.6 Å². The molecule has 0 radical (unpaired) electrons. The van der Waals surface area contributed by atoms with Gasteiger partial charge in [0.25, 0.3) is 11.7 Å². The van der Waals surface area contributed by atoms with Gasteiger partial charge in [0.15, 0.2) is 0 Å². The Labute approximate surface area is 145 Å². The number of aryl methyl sites for hydroxylation is 2. The van der Waals surface area contributed by atoms with Gasteiger partial charge in [-0.3, -0.25) is 4.79 Å². The fraction of sp³-hybridized carbons (Fsp3) is 0.353. The van der Waals surface area contributed by atoms with Crippen LogP contribution in [-0.2, 0) is 0 Å². The van der Waals surface area contributed by atoms with Crippen LogP contribution in [0.5, 0.6) is 0 Å². The quantitative estimate of drug-likeness (QED) is 0.697. The van der Waals surface area contributed by atoms with E-state index in [-0.39, 0.29) is 11.7 Å². The van der Waals surface area contributed by atoms with Crippen molar-refractivity contribution in [2.45, 2.75) is 13.8 Å². The Morgan fingerprint density at radius 1 is 1.08 bits per heavy atom. The molecule has 4 heterocycles. The molecule has 1 aliphatic rings. The molecule has 128 valence electrons. The summed E-state index contributed by atoms with van der Waals surface area (Å²) in [6.45, 7) is 6.56. The van der Waals surface area contributed by atoms with E-state index < -0.39 is 0 Å². The lowest BCUT2D eigenvalue weighted by atomic mass is 10.3. The van der Waals surface area contributed by atoms with Crippen molar-refractivity contribution >= 4 is 17.5 Å². The Kier molecular flexibility index (Phi) is 3.79. The van der Waals surface area contributed by atoms with Crippen molar-refractivity contribution < 1.29 is 4.79 Å². The first-order valence-electron chi connectivity index (χ1n) is 8.28. The molecule has 3 aromatic rings. The molecule has 1 fully saturated rings. The molecule has 25 heavy (non-hydrogen) atoms. The predicted molar refractivity (Wildman–Crippen MR) is 92.6 cm³/mol. The summed E-state index contributed by atoms with van der Waals surface area (Å²) in [6.07, 6.45) is 1.78. The van der Waals surface area contributed by atoms with Gasteiger partial charge in [0.05, 0.1) is 0 Å². The van der Waals surface area contributed by atoms with Crippen LogP contribution in [0.1, 0.15) is 22.0 Å². The van der Waals surface area contributed by atoms with Crippen LogP contribution >= 0.6 is 0 Å². The maximum absolute atomic E-state index is 12.7. The zero-order chi connectivity index (χ0) is 17.4.